The Hall–Kier alpha value is -3.55. The third-order valence-corrected chi connectivity index (χ3v) is 4.58. The molecule has 2 aromatic rings. The molecule has 8 nitrogen and oxygen atoms in total. The van der Waals surface area contributed by atoms with Crippen LogP contribution in [-0.4, -0.2) is 38.5 Å². The van der Waals surface area contributed by atoms with Gasteiger partial charge in [-0.05, 0) is 35.2 Å². The summed E-state index contributed by atoms with van der Waals surface area (Å²) >= 11 is 0. The van der Waals surface area contributed by atoms with E-state index in [1.165, 1.54) is 26.4 Å². The Bertz CT molecular complexity index is 911. The van der Waals surface area contributed by atoms with E-state index in [1.54, 1.807) is 18.2 Å². The molecule has 166 valence electrons. The number of hydrogen-bond donors (Lipinski definition) is 3. The van der Waals surface area contributed by atoms with Crippen LogP contribution < -0.4 is 25.6 Å². The van der Waals surface area contributed by atoms with Gasteiger partial charge < -0.3 is 14.8 Å². The number of benzene rings is 2. The highest BCUT2D eigenvalue weighted by Gasteiger charge is 2.15. The first-order chi connectivity index (χ1) is 14.6. The van der Waals surface area contributed by atoms with Crippen LogP contribution in [0.25, 0.3) is 0 Å². The van der Waals surface area contributed by atoms with Crippen LogP contribution in [0.5, 0.6) is 11.5 Å². The number of carbonyl (C=O) groups is 3. The van der Waals surface area contributed by atoms with Gasteiger partial charge in [-0.1, -0.05) is 32.9 Å². The third-order valence-electron chi connectivity index (χ3n) is 4.58. The largest absolute Gasteiger partial charge is 0.497 e. The zero-order valence-electron chi connectivity index (χ0n) is 18.5. The van der Waals surface area contributed by atoms with Crippen molar-refractivity contribution >= 4 is 17.7 Å². The Labute approximate surface area is 182 Å². The summed E-state index contributed by atoms with van der Waals surface area (Å²) in [5.74, 6) is -0.316. The molecule has 0 bridgehead atoms. The van der Waals surface area contributed by atoms with Crippen molar-refractivity contribution in [3.8, 4) is 11.5 Å². The van der Waals surface area contributed by atoms with Crippen LogP contribution in [0, 0.1) is 0 Å². The molecule has 0 radical (unpaired) electrons. The van der Waals surface area contributed by atoms with Crippen LogP contribution in [0.1, 0.15) is 53.5 Å². The molecule has 2 rings (SSSR count). The summed E-state index contributed by atoms with van der Waals surface area (Å²) in [5.41, 5.74) is 6.58. The Morgan fingerprint density at radius 2 is 1.39 bits per heavy atom. The number of ether oxygens (including phenoxy) is 2. The number of rotatable bonds is 7. The fraction of sp³-hybridized carbons (Fsp3) is 0.348. The Morgan fingerprint density at radius 1 is 0.806 bits per heavy atom. The normalized spacial score (nSPS) is 10.7. The molecule has 3 amide bonds. The van der Waals surface area contributed by atoms with E-state index in [2.05, 4.69) is 36.9 Å². The molecule has 0 saturated carbocycles. The number of carbonyl (C=O) groups excluding carboxylic acids is 3. The van der Waals surface area contributed by atoms with E-state index in [0.29, 0.717) is 17.1 Å². The van der Waals surface area contributed by atoms with Gasteiger partial charge in [-0.25, -0.2) is 0 Å². The minimum Gasteiger partial charge on any atom is -0.497 e. The highest BCUT2D eigenvalue weighted by atomic mass is 16.5. The number of methoxy groups -OCH3 is 2. The van der Waals surface area contributed by atoms with Crippen LogP contribution in [0.3, 0.4) is 0 Å². The second-order valence-corrected chi connectivity index (χ2v) is 7.94. The van der Waals surface area contributed by atoms with Gasteiger partial charge in [-0.2, -0.15) is 0 Å². The Kier molecular flexibility index (Phi) is 8.01. The molecule has 0 aliphatic rings. The van der Waals surface area contributed by atoms with Crippen molar-refractivity contribution in [1.29, 1.82) is 0 Å². The van der Waals surface area contributed by atoms with E-state index in [0.717, 1.165) is 5.56 Å². The maximum Gasteiger partial charge on any atom is 0.269 e. The predicted octanol–water partition coefficient (Wildman–Crippen LogP) is 2.58. The van der Waals surface area contributed by atoms with E-state index < -0.39 is 11.8 Å². The fourth-order valence-corrected chi connectivity index (χ4v) is 2.71. The average molecular weight is 428 g/mol. The minimum atomic E-state index is -0.520. The van der Waals surface area contributed by atoms with Crippen molar-refractivity contribution in [3.05, 3.63) is 59.2 Å². The number of nitrogens with one attached hydrogen (secondary N) is 3. The molecule has 0 atom stereocenters. The lowest BCUT2D eigenvalue weighted by atomic mass is 9.87. The van der Waals surface area contributed by atoms with Gasteiger partial charge in [0.25, 0.3) is 11.8 Å². The summed E-state index contributed by atoms with van der Waals surface area (Å²) in [6.45, 7) is 6.44. The monoisotopic (exact) mass is 427 g/mol. The molecule has 0 heterocycles. The highest BCUT2D eigenvalue weighted by molar-refractivity contribution is 5.96. The van der Waals surface area contributed by atoms with Crippen molar-refractivity contribution in [2.24, 2.45) is 0 Å². The van der Waals surface area contributed by atoms with Crippen LogP contribution in [0.2, 0.25) is 0 Å². The zero-order valence-corrected chi connectivity index (χ0v) is 18.5. The molecule has 0 saturated heterocycles. The van der Waals surface area contributed by atoms with Crippen LogP contribution in [-0.2, 0) is 10.2 Å². The van der Waals surface area contributed by atoms with Crippen LogP contribution >= 0.6 is 0 Å². The maximum absolute atomic E-state index is 12.2. The molecule has 3 N–H and O–H groups in total. The summed E-state index contributed by atoms with van der Waals surface area (Å²) in [7, 11) is 2.96. The van der Waals surface area contributed by atoms with Gasteiger partial charge >= 0.3 is 0 Å². The molecular formula is C23H29N3O5. The van der Waals surface area contributed by atoms with Crippen molar-refractivity contribution in [3.63, 3.8) is 0 Å². The predicted molar refractivity (Wildman–Crippen MR) is 117 cm³/mol. The second-order valence-electron chi connectivity index (χ2n) is 7.94. The smallest absolute Gasteiger partial charge is 0.269 e. The van der Waals surface area contributed by atoms with E-state index in [4.69, 9.17) is 9.47 Å². The van der Waals surface area contributed by atoms with Gasteiger partial charge in [0.15, 0.2) is 0 Å². The van der Waals surface area contributed by atoms with Crippen LogP contribution in [0.4, 0.5) is 0 Å². The fourth-order valence-electron chi connectivity index (χ4n) is 2.71. The van der Waals surface area contributed by atoms with Crippen LogP contribution in [0.15, 0.2) is 42.5 Å². The summed E-state index contributed by atoms with van der Waals surface area (Å²) in [4.78, 5) is 36.4. The molecule has 0 fully saturated rings. The Morgan fingerprint density at radius 3 is 1.90 bits per heavy atom. The molecule has 0 spiro atoms. The Balaban J connectivity index is 1.79. The first-order valence-electron chi connectivity index (χ1n) is 9.85. The second kappa shape index (κ2) is 10.5. The standard InChI is InChI=1S/C23H29N3O5/c1-23(2,3)17-8-6-15(7-9-17)21(28)24-11-10-20(27)25-26-22(29)16-12-18(30-4)14-19(13-16)31-5/h6-9,12-14H,10-11H2,1-5H3,(H,24,28)(H,25,27)(H,26,29). The first kappa shape index (κ1) is 23.7. The SMILES string of the molecule is COc1cc(OC)cc(C(=O)NNC(=O)CCNC(=O)c2ccc(C(C)(C)C)cc2)c1. The summed E-state index contributed by atoms with van der Waals surface area (Å²) < 4.78 is 10.2. The quantitative estimate of drug-likeness (QED) is 0.589. The van der Waals surface area contributed by atoms with Crippen molar-refractivity contribution < 1.29 is 23.9 Å². The van der Waals surface area contributed by atoms with E-state index in [-0.39, 0.29) is 29.9 Å². The molecule has 0 aliphatic carbocycles. The van der Waals surface area contributed by atoms with Gasteiger partial charge in [0.05, 0.1) is 14.2 Å². The lowest BCUT2D eigenvalue weighted by molar-refractivity contribution is -0.121. The molecule has 0 aromatic heterocycles. The summed E-state index contributed by atoms with van der Waals surface area (Å²) in [6, 6.07) is 12.0. The van der Waals surface area contributed by atoms with Crippen molar-refractivity contribution in [2.75, 3.05) is 20.8 Å². The lowest BCUT2D eigenvalue weighted by Crippen LogP contribution is -2.42. The molecule has 31 heavy (non-hydrogen) atoms. The third kappa shape index (κ3) is 7.02. The van der Waals surface area contributed by atoms with E-state index in [9.17, 15) is 14.4 Å². The topological polar surface area (TPSA) is 106 Å². The first-order valence-corrected chi connectivity index (χ1v) is 9.85. The van der Waals surface area contributed by atoms with Crippen molar-refractivity contribution in [2.45, 2.75) is 32.6 Å². The van der Waals surface area contributed by atoms with Gasteiger partial charge in [0, 0.05) is 30.2 Å². The number of amides is 3. The molecule has 0 aliphatic heterocycles. The van der Waals surface area contributed by atoms with Gasteiger partial charge in [0.1, 0.15) is 11.5 Å². The van der Waals surface area contributed by atoms with Gasteiger partial charge in [-0.3, -0.25) is 25.2 Å². The average Bonchev–Trinajstić information content (AvgIpc) is 2.76. The summed E-state index contributed by atoms with van der Waals surface area (Å²) in [5, 5.41) is 2.69. The number of hydrazine groups is 1. The lowest BCUT2D eigenvalue weighted by Gasteiger charge is -2.19. The maximum atomic E-state index is 12.2. The summed E-state index contributed by atoms with van der Waals surface area (Å²) in [6.07, 6.45) is 0.00747. The van der Waals surface area contributed by atoms with Gasteiger partial charge in [-0.15, -0.1) is 0 Å². The van der Waals surface area contributed by atoms with E-state index >= 15 is 0 Å². The number of hydrogen-bond acceptors (Lipinski definition) is 5. The highest BCUT2D eigenvalue weighted by Crippen LogP contribution is 2.23. The molecular weight excluding hydrogens is 398 g/mol. The van der Waals surface area contributed by atoms with Gasteiger partial charge in [0.2, 0.25) is 5.91 Å². The van der Waals surface area contributed by atoms with Crippen molar-refractivity contribution in [1.82, 2.24) is 16.2 Å². The molecule has 8 heteroatoms. The molecule has 2 aromatic carbocycles. The zero-order chi connectivity index (χ0) is 23.0. The molecule has 0 unspecified atom stereocenters. The van der Waals surface area contributed by atoms with E-state index in [1.807, 2.05) is 12.1 Å². The minimum absolute atomic E-state index is 0.00747.